The van der Waals surface area contributed by atoms with Crippen molar-refractivity contribution in [1.29, 1.82) is 0 Å². The molecule has 1 aromatic heterocycles. The van der Waals surface area contributed by atoms with Crippen molar-refractivity contribution in [2.45, 2.75) is 37.8 Å². The average molecular weight is 352 g/mol. The van der Waals surface area contributed by atoms with Crippen molar-refractivity contribution >= 4 is 23.2 Å². The van der Waals surface area contributed by atoms with Crippen LogP contribution in [-0.2, 0) is 4.79 Å². The molecule has 2 aliphatic heterocycles. The summed E-state index contributed by atoms with van der Waals surface area (Å²) < 4.78 is 0. The second kappa shape index (κ2) is 7.16. The van der Waals surface area contributed by atoms with Gasteiger partial charge in [-0.1, -0.05) is 0 Å². The fraction of sp³-hybridized carbons (Fsp3) is 0.688. The Bertz CT molecular complexity index is 586. The molecule has 7 nitrogen and oxygen atoms in total. The molecule has 1 atom stereocenters. The highest BCUT2D eigenvalue weighted by Crippen LogP contribution is 2.26. The van der Waals surface area contributed by atoms with Gasteiger partial charge in [0.25, 0.3) is 5.91 Å². The summed E-state index contributed by atoms with van der Waals surface area (Å²) in [4.78, 5) is 32.0. The van der Waals surface area contributed by atoms with Crippen molar-refractivity contribution in [3.05, 3.63) is 16.6 Å². The van der Waals surface area contributed by atoms with Crippen molar-refractivity contribution in [2.75, 3.05) is 32.7 Å². The lowest BCUT2D eigenvalue weighted by atomic mass is 9.99. The Kier molecular flexibility index (Phi) is 5.17. The van der Waals surface area contributed by atoms with Crippen LogP contribution in [0.25, 0.3) is 0 Å². The van der Waals surface area contributed by atoms with Crippen LogP contribution in [0.3, 0.4) is 0 Å². The van der Waals surface area contributed by atoms with Gasteiger partial charge in [0.15, 0.2) is 0 Å². The quantitative estimate of drug-likeness (QED) is 0.815. The van der Waals surface area contributed by atoms with E-state index < -0.39 is 5.60 Å². The SMILES string of the molecule is CC(=O)NC1CCN(C[C@]2(O)CCN(C(=O)c3cncs3)C2)CC1. The predicted octanol–water partition coefficient (Wildman–Crippen LogP) is 0.321. The summed E-state index contributed by atoms with van der Waals surface area (Å²) >= 11 is 1.33. The minimum Gasteiger partial charge on any atom is -0.387 e. The van der Waals surface area contributed by atoms with E-state index in [-0.39, 0.29) is 17.9 Å². The number of aliphatic hydroxyl groups is 1. The van der Waals surface area contributed by atoms with Crippen LogP contribution in [0, 0.1) is 0 Å². The van der Waals surface area contributed by atoms with Crippen LogP contribution in [0.5, 0.6) is 0 Å². The van der Waals surface area contributed by atoms with Gasteiger partial charge in [-0.05, 0) is 19.3 Å². The largest absolute Gasteiger partial charge is 0.387 e. The number of β-amino-alcohol motifs (C(OH)–C–C–N with tert-alkyl or cyclic N) is 1. The van der Waals surface area contributed by atoms with E-state index in [2.05, 4.69) is 15.2 Å². The number of carbonyl (C=O) groups excluding carboxylic acids is 2. The molecular weight excluding hydrogens is 328 g/mol. The molecule has 2 saturated heterocycles. The number of rotatable bonds is 4. The van der Waals surface area contributed by atoms with Crippen molar-refractivity contribution in [3.63, 3.8) is 0 Å². The van der Waals surface area contributed by atoms with Crippen LogP contribution >= 0.6 is 11.3 Å². The van der Waals surface area contributed by atoms with Crippen LogP contribution in [0.15, 0.2) is 11.7 Å². The molecule has 0 aromatic carbocycles. The molecule has 2 aliphatic rings. The van der Waals surface area contributed by atoms with Gasteiger partial charge >= 0.3 is 0 Å². The molecule has 24 heavy (non-hydrogen) atoms. The van der Waals surface area contributed by atoms with Gasteiger partial charge in [0.2, 0.25) is 5.91 Å². The van der Waals surface area contributed by atoms with E-state index in [1.165, 1.54) is 11.3 Å². The van der Waals surface area contributed by atoms with Crippen molar-refractivity contribution < 1.29 is 14.7 Å². The third-order valence-corrected chi connectivity index (χ3v) is 5.54. The number of aromatic nitrogens is 1. The number of thiazole rings is 1. The zero-order chi connectivity index (χ0) is 17.2. The normalized spacial score (nSPS) is 25.8. The van der Waals surface area contributed by atoms with E-state index in [0.29, 0.717) is 30.9 Å². The zero-order valence-electron chi connectivity index (χ0n) is 13.9. The molecule has 1 aromatic rings. The molecule has 3 heterocycles. The average Bonchev–Trinajstić information content (AvgIpc) is 3.18. The Morgan fingerprint density at radius 3 is 2.79 bits per heavy atom. The lowest BCUT2D eigenvalue weighted by Crippen LogP contribution is -2.50. The highest BCUT2D eigenvalue weighted by molar-refractivity contribution is 7.11. The lowest BCUT2D eigenvalue weighted by molar-refractivity contribution is -0.120. The number of piperidine rings is 1. The molecule has 0 unspecified atom stereocenters. The number of amides is 2. The Hall–Kier alpha value is -1.51. The summed E-state index contributed by atoms with van der Waals surface area (Å²) in [6.07, 6.45) is 3.98. The topological polar surface area (TPSA) is 85.8 Å². The summed E-state index contributed by atoms with van der Waals surface area (Å²) in [5, 5.41) is 13.8. The maximum Gasteiger partial charge on any atom is 0.265 e. The van der Waals surface area contributed by atoms with E-state index in [0.717, 1.165) is 25.9 Å². The highest BCUT2D eigenvalue weighted by Gasteiger charge is 2.40. The van der Waals surface area contributed by atoms with Gasteiger partial charge in [-0.3, -0.25) is 14.6 Å². The molecule has 3 rings (SSSR count). The van der Waals surface area contributed by atoms with Gasteiger partial charge in [-0.25, -0.2) is 0 Å². The fourth-order valence-electron chi connectivity index (χ4n) is 3.58. The molecule has 0 saturated carbocycles. The Morgan fingerprint density at radius 2 is 2.17 bits per heavy atom. The number of likely N-dealkylation sites (tertiary alicyclic amines) is 2. The molecule has 0 aliphatic carbocycles. The maximum absolute atomic E-state index is 12.4. The van der Waals surface area contributed by atoms with Gasteiger partial charge < -0.3 is 20.2 Å². The van der Waals surface area contributed by atoms with Crippen LogP contribution in [0.1, 0.15) is 35.9 Å². The molecule has 2 amide bonds. The minimum absolute atomic E-state index is 0.0140. The van der Waals surface area contributed by atoms with Crippen LogP contribution < -0.4 is 5.32 Å². The molecule has 2 N–H and O–H groups in total. The Balaban J connectivity index is 1.49. The zero-order valence-corrected chi connectivity index (χ0v) is 14.7. The van der Waals surface area contributed by atoms with E-state index in [4.69, 9.17) is 0 Å². The molecule has 132 valence electrons. The molecular formula is C16H24N4O3S. The highest BCUT2D eigenvalue weighted by atomic mass is 32.1. The van der Waals surface area contributed by atoms with Crippen molar-refractivity contribution in [2.24, 2.45) is 0 Å². The first-order valence-electron chi connectivity index (χ1n) is 8.35. The van der Waals surface area contributed by atoms with Crippen LogP contribution in [-0.4, -0.2) is 76.1 Å². The van der Waals surface area contributed by atoms with Gasteiger partial charge in [-0.2, -0.15) is 0 Å². The molecule has 0 bridgehead atoms. The van der Waals surface area contributed by atoms with Crippen LogP contribution in [0.4, 0.5) is 0 Å². The first-order valence-corrected chi connectivity index (χ1v) is 9.23. The first-order chi connectivity index (χ1) is 11.5. The van der Waals surface area contributed by atoms with Gasteiger partial charge in [0.1, 0.15) is 4.88 Å². The summed E-state index contributed by atoms with van der Waals surface area (Å²) in [6, 6.07) is 0.237. The first kappa shape index (κ1) is 17.3. The molecule has 0 spiro atoms. The monoisotopic (exact) mass is 352 g/mol. The Labute approximate surface area is 145 Å². The Morgan fingerprint density at radius 1 is 1.42 bits per heavy atom. The van der Waals surface area contributed by atoms with E-state index in [1.54, 1.807) is 23.5 Å². The van der Waals surface area contributed by atoms with Crippen molar-refractivity contribution in [3.8, 4) is 0 Å². The molecule has 0 radical (unpaired) electrons. The lowest BCUT2D eigenvalue weighted by Gasteiger charge is -2.36. The standard InChI is InChI=1S/C16H24N4O3S/c1-12(21)18-13-2-5-19(6-3-13)9-16(23)4-7-20(10-16)15(22)14-8-17-11-24-14/h8,11,13,23H,2-7,9-10H2,1H3,(H,18,21)/t16-/m1/s1. The van der Waals surface area contributed by atoms with E-state index in [1.807, 2.05) is 0 Å². The smallest absolute Gasteiger partial charge is 0.265 e. The summed E-state index contributed by atoms with van der Waals surface area (Å²) in [6.45, 7) is 4.78. The number of hydrogen-bond donors (Lipinski definition) is 2. The minimum atomic E-state index is -0.846. The second-order valence-electron chi connectivity index (χ2n) is 6.82. The third-order valence-electron chi connectivity index (χ3n) is 4.78. The van der Waals surface area contributed by atoms with Crippen molar-refractivity contribution in [1.82, 2.24) is 20.1 Å². The second-order valence-corrected chi connectivity index (χ2v) is 7.70. The number of nitrogens with one attached hydrogen (secondary N) is 1. The summed E-state index contributed by atoms with van der Waals surface area (Å²) in [5.74, 6) is -0.0297. The summed E-state index contributed by atoms with van der Waals surface area (Å²) in [5.41, 5.74) is 0.802. The third kappa shape index (κ3) is 4.12. The summed E-state index contributed by atoms with van der Waals surface area (Å²) in [7, 11) is 0. The molecule has 2 fully saturated rings. The fourth-order valence-corrected chi connectivity index (χ4v) is 4.16. The number of carbonyl (C=O) groups is 2. The van der Waals surface area contributed by atoms with Gasteiger partial charge in [0.05, 0.1) is 23.9 Å². The van der Waals surface area contributed by atoms with E-state index in [9.17, 15) is 14.7 Å². The number of hydrogen-bond acceptors (Lipinski definition) is 6. The maximum atomic E-state index is 12.4. The number of nitrogens with zero attached hydrogens (tertiary/aromatic N) is 3. The predicted molar refractivity (Wildman–Crippen MR) is 90.9 cm³/mol. The van der Waals surface area contributed by atoms with E-state index >= 15 is 0 Å². The molecule has 8 heteroatoms. The van der Waals surface area contributed by atoms with Gasteiger partial charge in [-0.15, -0.1) is 11.3 Å². The van der Waals surface area contributed by atoms with Gasteiger partial charge in [0, 0.05) is 39.1 Å². The van der Waals surface area contributed by atoms with Crippen LogP contribution in [0.2, 0.25) is 0 Å².